The van der Waals surface area contributed by atoms with Crippen LogP contribution >= 0.6 is 0 Å². The molecule has 0 aliphatic rings. The number of aromatic nitrogens is 2. The highest BCUT2D eigenvalue weighted by Gasteiger charge is 2.05. The van der Waals surface area contributed by atoms with Crippen LogP contribution in [0.4, 0.5) is 4.39 Å². The van der Waals surface area contributed by atoms with Gasteiger partial charge in [0, 0.05) is 11.8 Å². The standard InChI is InChI=1S/C11H7FN2O/c12-9-4-2-1-3-8(9)10-5-6-13-11(7-15)14-10/h1-7H. The van der Waals surface area contributed by atoms with E-state index in [1.54, 1.807) is 24.3 Å². The minimum atomic E-state index is -0.368. The number of rotatable bonds is 2. The zero-order valence-electron chi connectivity index (χ0n) is 7.72. The van der Waals surface area contributed by atoms with Crippen LogP contribution in [0, 0.1) is 5.82 Å². The van der Waals surface area contributed by atoms with Crippen molar-refractivity contribution in [2.45, 2.75) is 0 Å². The third-order valence-corrected chi connectivity index (χ3v) is 1.93. The van der Waals surface area contributed by atoms with Crippen LogP contribution in [-0.4, -0.2) is 16.3 Å². The summed E-state index contributed by atoms with van der Waals surface area (Å²) in [6.45, 7) is 0. The first-order valence-corrected chi connectivity index (χ1v) is 4.34. The van der Waals surface area contributed by atoms with Crippen molar-refractivity contribution in [1.82, 2.24) is 9.97 Å². The molecule has 74 valence electrons. The van der Waals surface area contributed by atoms with E-state index < -0.39 is 0 Å². The Kier molecular flexibility index (Phi) is 2.49. The van der Waals surface area contributed by atoms with Gasteiger partial charge in [-0.05, 0) is 18.2 Å². The molecule has 0 aliphatic carbocycles. The van der Waals surface area contributed by atoms with Gasteiger partial charge in [0.1, 0.15) is 5.82 Å². The normalized spacial score (nSPS) is 9.93. The van der Waals surface area contributed by atoms with E-state index in [-0.39, 0.29) is 11.6 Å². The summed E-state index contributed by atoms with van der Waals surface area (Å²) in [6, 6.07) is 7.82. The maximum Gasteiger partial charge on any atom is 0.193 e. The van der Waals surface area contributed by atoms with Crippen molar-refractivity contribution >= 4 is 6.29 Å². The summed E-state index contributed by atoms with van der Waals surface area (Å²) in [5.41, 5.74) is 0.771. The first kappa shape index (κ1) is 9.45. The second-order valence-corrected chi connectivity index (χ2v) is 2.90. The average molecular weight is 202 g/mol. The second kappa shape index (κ2) is 3.96. The fourth-order valence-corrected chi connectivity index (χ4v) is 1.25. The minimum absolute atomic E-state index is 0.0516. The molecule has 1 aromatic heterocycles. The smallest absolute Gasteiger partial charge is 0.193 e. The van der Waals surface area contributed by atoms with Crippen LogP contribution in [0.2, 0.25) is 0 Å². The van der Waals surface area contributed by atoms with E-state index in [2.05, 4.69) is 9.97 Å². The van der Waals surface area contributed by atoms with E-state index in [1.807, 2.05) is 0 Å². The summed E-state index contributed by atoms with van der Waals surface area (Å²) in [4.78, 5) is 18.1. The molecule has 0 bridgehead atoms. The molecule has 0 spiro atoms. The van der Waals surface area contributed by atoms with Crippen molar-refractivity contribution in [2.75, 3.05) is 0 Å². The van der Waals surface area contributed by atoms with Gasteiger partial charge < -0.3 is 0 Å². The average Bonchev–Trinajstić information content (AvgIpc) is 2.30. The predicted molar refractivity (Wildman–Crippen MR) is 52.8 cm³/mol. The van der Waals surface area contributed by atoms with E-state index in [9.17, 15) is 9.18 Å². The van der Waals surface area contributed by atoms with Crippen molar-refractivity contribution in [2.24, 2.45) is 0 Å². The van der Waals surface area contributed by atoms with Crippen molar-refractivity contribution in [3.05, 3.63) is 48.2 Å². The molecule has 0 unspecified atom stereocenters. The van der Waals surface area contributed by atoms with Crippen molar-refractivity contribution in [3.8, 4) is 11.3 Å². The molecule has 2 aromatic rings. The molecule has 0 atom stereocenters. The van der Waals surface area contributed by atoms with Crippen LogP contribution in [0.1, 0.15) is 10.6 Å². The summed E-state index contributed by atoms with van der Waals surface area (Å²) in [5, 5.41) is 0. The largest absolute Gasteiger partial charge is 0.294 e. The molecular formula is C11H7FN2O. The highest BCUT2D eigenvalue weighted by molar-refractivity contribution is 5.71. The number of hydrogen-bond donors (Lipinski definition) is 0. The van der Waals surface area contributed by atoms with E-state index in [1.165, 1.54) is 12.3 Å². The van der Waals surface area contributed by atoms with Crippen LogP contribution in [0.3, 0.4) is 0 Å². The first-order valence-electron chi connectivity index (χ1n) is 4.34. The summed E-state index contributed by atoms with van der Waals surface area (Å²) in [5.74, 6) is -0.316. The molecule has 0 radical (unpaired) electrons. The molecule has 0 aliphatic heterocycles. The molecule has 0 saturated heterocycles. The lowest BCUT2D eigenvalue weighted by atomic mass is 10.1. The number of carbonyl (C=O) groups excluding carboxylic acids is 1. The molecule has 0 amide bonds. The van der Waals surface area contributed by atoms with Gasteiger partial charge in [0.25, 0.3) is 0 Å². The Bertz CT molecular complexity index is 499. The summed E-state index contributed by atoms with van der Waals surface area (Å²) < 4.78 is 13.4. The summed E-state index contributed by atoms with van der Waals surface area (Å²) in [7, 11) is 0. The Hall–Kier alpha value is -2.10. The van der Waals surface area contributed by atoms with Crippen LogP contribution in [0.15, 0.2) is 36.5 Å². The number of halogens is 1. The van der Waals surface area contributed by atoms with Gasteiger partial charge in [0.2, 0.25) is 0 Å². The Morgan fingerprint density at radius 2 is 2.00 bits per heavy atom. The van der Waals surface area contributed by atoms with Gasteiger partial charge in [-0.1, -0.05) is 12.1 Å². The molecule has 15 heavy (non-hydrogen) atoms. The third-order valence-electron chi connectivity index (χ3n) is 1.93. The molecule has 1 aromatic carbocycles. The van der Waals surface area contributed by atoms with Gasteiger partial charge >= 0.3 is 0 Å². The lowest BCUT2D eigenvalue weighted by molar-refractivity contribution is 0.111. The Morgan fingerprint density at radius 3 is 2.73 bits per heavy atom. The van der Waals surface area contributed by atoms with Crippen molar-refractivity contribution in [3.63, 3.8) is 0 Å². The molecule has 1 heterocycles. The molecule has 0 fully saturated rings. The lowest BCUT2D eigenvalue weighted by Gasteiger charge is -2.01. The van der Waals surface area contributed by atoms with Gasteiger partial charge in [-0.25, -0.2) is 14.4 Å². The summed E-state index contributed by atoms with van der Waals surface area (Å²) >= 11 is 0. The number of carbonyl (C=O) groups is 1. The Labute approximate surface area is 85.6 Å². The van der Waals surface area contributed by atoms with Crippen LogP contribution in [0.25, 0.3) is 11.3 Å². The Morgan fingerprint density at radius 1 is 1.20 bits per heavy atom. The molecule has 2 rings (SSSR count). The quantitative estimate of drug-likeness (QED) is 0.700. The van der Waals surface area contributed by atoms with Crippen molar-refractivity contribution in [1.29, 1.82) is 0 Å². The van der Waals surface area contributed by atoms with Crippen LogP contribution in [0.5, 0.6) is 0 Å². The number of hydrogen-bond acceptors (Lipinski definition) is 3. The van der Waals surface area contributed by atoms with Crippen LogP contribution < -0.4 is 0 Å². The predicted octanol–water partition coefficient (Wildman–Crippen LogP) is 2.10. The van der Waals surface area contributed by atoms with Gasteiger partial charge in [-0.2, -0.15) is 0 Å². The molecule has 4 heteroatoms. The maximum atomic E-state index is 13.4. The number of benzene rings is 1. The zero-order chi connectivity index (χ0) is 10.7. The minimum Gasteiger partial charge on any atom is -0.294 e. The van der Waals surface area contributed by atoms with E-state index in [0.717, 1.165) is 0 Å². The highest BCUT2D eigenvalue weighted by atomic mass is 19.1. The second-order valence-electron chi connectivity index (χ2n) is 2.90. The van der Waals surface area contributed by atoms with Gasteiger partial charge in [0.05, 0.1) is 5.69 Å². The maximum absolute atomic E-state index is 13.4. The third kappa shape index (κ3) is 1.88. The van der Waals surface area contributed by atoms with E-state index in [0.29, 0.717) is 17.5 Å². The Balaban J connectivity index is 2.54. The van der Waals surface area contributed by atoms with Gasteiger partial charge in [-0.3, -0.25) is 4.79 Å². The zero-order valence-corrected chi connectivity index (χ0v) is 7.72. The highest BCUT2D eigenvalue weighted by Crippen LogP contribution is 2.19. The monoisotopic (exact) mass is 202 g/mol. The molecular weight excluding hydrogens is 195 g/mol. The molecule has 3 nitrogen and oxygen atoms in total. The topological polar surface area (TPSA) is 42.9 Å². The van der Waals surface area contributed by atoms with E-state index >= 15 is 0 Å². The van der Waals surface area contributed by atoms with Crippen molar-refractivity contribution < 1.29 is 9.18 Å². The fourth-order valence-electron chi connectivity index (χ4n) is 1.25. The SMILES string of the molecule is O=Cc1nccc(-c2ccccc2F)n1. The summed E-state index contributed by atoms with van der Waals surface area (Å²) in [6.07, 6.45) is 1.96. The number of nitrogens with zero attached hydrogens (tertiary/aromatic N) is 2. The van der Waals surface area contributed by atoms with Gasteiger partial charge in [-0.15, -0.1) is 0 Å². The number of aldehydes is 1. The van der Waals surface area contributed by atoms with E-state index in [4.69, 9.17) is 0 Å². The molecule has 0 saturated carbocycles. The van der Waals surface area contributed by atoms with Gasteiger partial charge in [0.15, 0.2) is 12.1 Å². The van der Waals surface area contributed by atoms with Crippen LogP contribution in [-0.2, 0) is 0 Å². The first-order chi connectivity index (χ1) is 7.31. The lowest BCUT2D eigenvalue weighted by Crippen LogP contribution is -1.95. The fraction of sp³-hybridized carbons (Fsp3) is 0. The molecule has 0 N–H and O–H groups in total.